The summed E-state index contributed by atoms with van der Waals surface area (Å²) < 4.78 is 23.5. The summed E-state index contributed by atoms with van der Waals surface area (Å²) in [6.45, 7) is 5.27. The Morgan fingerprint density at radius 2 is 1.88 bits per heavy atom. The highest BCUT2D eigenvalue weighted by Crippen LogP contribution is 2.22. The molecule has 1 aromatic carbocycles. The number of rotatable bonds is 4. The normalized spacial score (nSPS) is 15.8. The molecular weight excluding hydrogens is 222 g/mol. The molecule has 1 aromatic rings. The number of hydrogen-bond acceptors (Lipinski definition) is 3. The summed E-state index contributed by atoms with van der Waals surface area (Å²) >= 11 is 0. The summed E-state index contributed by atoms with van der Waals surface area (Å²) in [5, 5.41) is -0.543. The Balaban J connectivity index is 3.04. The maximum atomic E-state index is 11.7. The van der Waals surface area contributed by atoms with Crippen molar-refractivity contribution in [1.29, 1.82) is 0 Å². The molecule has 0 aliphatic heterocycles. The van der Waals surface area contributed by atoms with Crippen LogP contribution in [-0.2, 0) is 9.84 Å². The van der Waals surface area contributed by atoms with E-state index < -0.39 is 21.1 Å². The maximum absolute atomic E-state index is 11.7. The molecular formula is C12H19NO2S. The monoisotopic (exact) mass is 241 g/mol. The highest BCUT2D eigenvalue weighted by Gasteiger charge is 2.26. The zero-order valence-corrected chi connectivity index (χ0v) is 10.8. The van der Waals surface area contributed by atoms with E-state index in [1.54, 1.807) is 13.8 Å². The fourth-order valence-corrected chi connectivity index (χ4v) is 2.82. The molecule has 0 saturated heterocycles. The van der Waals surface area contributed by atoms with Crippen LogP contribution in [0.5, 0.6) is 0 Å². The highest BCUT2D eigenvalue weighted by molar-refractivity contribution is 7.92. The van der Waals surface area contributed by atoms with Crippen LogP contribution in [0.2, 0.25) is 0 Å². The second-order valence-electron chi connectivity index (χ2n) is 4.04. The van der Waals surface area contributed by atoms with Crippen LogP contribution < -0.4 is 5.73 Å². The molecule has 0 radical (unpaired) electrons. The molecule has 3 nitrogen and oxygen atoms in total. The van der Waals surface area contributed by atoms with E-state index in [9.17, 15) is 8.42 Å². The molecule has 0 aliphatic rings. The van der Waals surface area contributed by atoms with Gasteiger partial charge in [0, 0.05) is 11.8 Å². The number of benzene rings is 1. The van der Waals surface area contributed by atoms with E-state index >= 15 is 0 Å². The second-order valence-corrected chi connectivity index (χ2v) is 6.69. The minimum absolute atomic E-state index is 0.133. The largest absolute Gasteiger partial charge is 0.323 e. The number of nitrogens with two attached hydrogens (primary N) is 1. The van der Waals surface area contributed by atoms with Crippen LogP contribution in [0.4, 0.5) is 0 Å². The third kappa shape index (κ3) is 2.62. The lowest BCUT2D eigenvalue weighted by Crippen LogP contribution is -2.32. The van der Waals surface area contributed by atoms with Gasteiger partial charge in [-0.05, 0) is 25.0 Å². The summed E-state index contributed by atoms with van der Waals surface area (Å²) in [4.78, 5) is 0. The highest BCUT2D eigenvalue weighted by atomic mass is 32.2. The van der Waals surface area contributed by atoms with Gasteiger partial charge in [-0.25, -0.2) is 8.42 Å². The van der Waals surface area contributed by atoms with Gasteiger partial charge in [-0.1, -0.05) is 31.2 Å². The maximum Gasteiger partial charge on any atom is 0.154 e. The van der Waals surface area contributed by atoms with Crippen molar-refractivity contribution in [1.82, 2.24) is 0 Å². The van der Waals surface area contributed by atoms with Gasteiger partial charge in [0.2, 0.25) is 0 Å². The third-order valence-corrected chi connectivity index (χ3v) is 5.25. The molecule has 0 fully saturated rings. The zero-order chi connectivity index (χ0) is 12.3. The fourth-order valence-electron chi connectivity index (χ4n) is 1.70. The van der Waals surface area contributed by atoms with Crippen LogP contribution >= 0.6 is 0 Å². The molecule has 90 valence electrons. The molecule has 4 heteroatoms. The molecule has 0 spiro atoms. The van der Waals surface area contributed by atoms with Crippen molar-refractivity contribution < 1.29 is 8.42 Å². The molecule has 0 aliphatic carbocycles. The van der Waals surface area contributed by atoms with Gasteiger partial charge < -0.3 is 5.73 Å². The van der Waals surface area contributed by atoms with Gasteiger partial charge in [0.25, 0.3) is 0 Å². The first-order chi connectivity index (χ1) is 7.40. The number of aryl methyl sites for hydroxylation is 1. The summed E-state index contributed by atoms with van der Waals surface area (Å²) in [7, 11) is -3.09. The van der Waals surface area contributed by atoms with Gasteiger partial charge in [0.15, 0.2) is 9.84 Å². The van der Waals surface area contributed by atoms with E-state index in [1.165, 1.54) is 0 Å². The van der Waals surface area contributed by atoms with Crippen LogP contribution in [0, 0.1) is 6.92 Å². The van der Waals surface area contributed by atoms with Gasteiger partial charge in [0.05, 0.1) is 5.25 Å². The van der Waals surface area contributed by atoms with Gasteiger partial charge in [-0.3, -0.25) is 0 Å². The molecule has 2 atom stereocenters. The van der Waals surface area contributed by atoms with Crippen LogP contribution in [-0.4, -0.2) is 19.4 Å². The summed E-state index contributed by atoms with van der Waals surface area (Å²) in [6.07, 6.45) is 0. The summed E-state index contributed by atoms with van der Waals surface area (Å²) in [6, 6.07) is 7.19. The van der Waals surface area contributed by atoms with Crippen molar-refractivity contribution >= 4 is 9.84 Å². The first kappa shape index (κ1) is 13.2. The Bertz CT molecular complexity index is 454. The average Bonchev–Trinajstić information content (AvgIpc) is 2.27. The minimum atomic E-state index is -3.09. The predicted molar refractivity (Wildman–Crippen MR) is 67.0 cm³/mol. The summed E-state index contributed by atoms with van der Waals surface area (Å²) in [5.41, 5.74) is 7.97. The Kier molecular flexibility index (Phi) is 4.10. The second kappa shape index (κ2) is 4.97. The van der Waals surface area contributed by atoms with Crippen molar-refractivity contribution in [2.24, 2.45) is 5.73 Å². The first-order valence-corrected chi connectivity index (χ1v) is 7.14. The fraction of sp³-hybridized carbons (Fsp3) is 0.500. The first-order valence-electron chi connectivity index (χ1n) is 5.42. The van der Waals surface area contributed by atoms with E-state index in [0.717, 1.165) is 11.1 Å². The quantitative estimate of drug-likeness (QED) is 0.874. The molecule has 0 saturated carbocycles. The molecule has 16 heavy (non-hydrogen) atoms. The van der Waals surface area contributed by atoms with Gasteiger partial charge in [-0.2, -0.15) is 0 Å². The molecule has 0 bridgehead atoms. The molecule has 0 amide bonds. The zero-order valence-electron chi connectivity index (χ0n) is 9.97. The Labute approximate surface area is 97.6 Å². The van der Waals surface area contributed by atoms with Crippen LogP contribution in [0.25, 0.3) is 0 Å². The molecule has 0 heterocycles. The SMILES string of the molecule is CCS(=O)(=O)[C@@H](C)[C@H](N)c1ccccc1C. The van der Waals surface area contributed by atoms with E-state index in [2.05, 4.69) is 0 Å². The van der Waals surface area contributed by atoms with Crippen LogP contribution in [0.1, 0.15) is 31.0 Å². The van der Waals surface area contributed by atoms with E-state index in [4.69, 9.17) is 5.73 Å². The van der Waals surface area contributed by atoms with Crippen LogP contribution in [0.15, 0.2) is 24.3 Å². The van der Waals surface area contributed by atoms with Crippen molar-refractivity contribution in [3.63, 3.8) is 0 Å². The molecule has 2 N–H and O–H groups in total. The molecule has 0 unspecified atom stereocenters. The standard InChI is InChI=1S/C12H19NO2S/c1-4-16(14,15)10(3)12(13)11-8-6-5-7-9(11)2/h5-8,10,12H,4,13H2,1-3H3/t10-,12-/m0/s1. The Hall–Kier alpha value is -0.870. The van der Waals surface area contributed by atoms with E-state index in [0.29, 0.717) is 0 Å². The van der Waals surface area contributed by atoms with Gasteiger partial charge >= 0.3 is 0 Å². The molecule has 0 aromatic heterocycles. The van der Waals surface area contributed by atoms with Gasteiger partial charge in [0.1, 0.15) is 0 Å². The van der Waals surface area contributed by atoms with Crippen molar-refractivity contribution in [3.05, 3.63) is 35.4 Å². The Morgan fingerprint density at radius 3 is 2.38 bits per heavy atom. The van der Waals surface area contributed by atoms with E-state index in [1.807, 2.05) is 31.2 Å². The van der Waals surface area contributed by atoms with Gasteiger partial charge in [-0.15, -0.1) is 0 Å². The Morgan fingerprint density at radius 1 is 1.31 bits per heavy atom. The molecule has 1 rings (SSSR count). The van der Waals surface area contributed by atoms with Crippen molar-refractivity contribution in [2.45, 2.75) is 32.1 Å². The lowest BCUT2D eigenvalue weighted by molar-refractivity contribution is 0.565. The predicted octanol–water partition coefficient (Wildman–Crippen LogP) is 1.82. The third-order valence-electron chi connectivity index (χ3n) is 3.02. The topological polar surface area (TPSA) is 60.2 Å². The minimum Gasteiger partial charge on any atom is -0.323 e. The van der Waals surface area contributed by atoms with E-state index in [-0.39, 0.29) is 5.75 Å². The number of sulfone groups is 1. The van der Waals surface area contributed by atoms with Crippen LogP contribution in [0.3, 0.4) is 0 Å². The lowest BCUT2D eigenvalue weighted by atomic mass is 10.0. The number of hydrogen-bond donors (Lipinski definition) is 1. The lowest BCUT2D eigenvalue weighted by Gasteiger charge is -2.21. The smallest absolute Gasteiger partial charge is 0.154 e. The van der Waals surface area contributed by atoms with Crippen molar-refractivity contribution in [3.8, 4) is 0 Å². The average molecular weight is 241 g/mol. The van der Waals surface area contributed by atoms with Crippen molar-refractivity contribution in [2.75, 3.05) is 5.75 Å². The summed E-state index contributed by atoms with van der Waals surface area (Å²) in [5.74, 6) is 0.133.